The molecule has 2 aromatic carbocycles. The van der Waals surface area contributed by atoms with Crippen LogP contribution in [0.4, 0.5) is 4.39 Å². The number of aromatic nitrogens is 3. The molecule has 1 N–H and O–H groups in total. The van der Waals surface area contributed by atoms with E-state index in [-0.39, 0.29) is 12.4 Å². The predicted molar refractivity (Wildman–Crippen MR) is 81.9 cm³/mol. The molecule has 3 aromatic rings. The summed E-state index contributed by atoms with van der Waals surface area (Å²) in [5.41, 5.74) is 2.15. The van der Waals surface area contributed by atoms with Crippen molar-refractivity contribution >= 4 is 11.6 Å². The number of nitrogens with zero attached hydrogens (tertiary/aromatic N) is 3. The van der Waals surface area contributed by atoms with Crippen LogP contribution in [0.15, 0.2) is 48.5 Å². The largest absolute Gasteiger partial charge is 0.390 e. The Labute approximate surface area is 131 Å². The molecule has 0 fully saturated rings. The van der Waals surface area contributed by atoms with Gasteiger partial charge in [0.2, 0.25) is 0 Å². The maximum absolute atomic E-state index is 14.1. The van der Waals surface area contributed by atoms with E-state index in [1.54, 1.807) is 35.0 Å². The van der Waals surface area contributed by atoms with Crippen LogP contribution in [0.2, 0.25) is 5.02 Å². The number of aliphatic hydroxyl groups excluding tert-OH is 1. The fourth-order valence-corrected chi connectivity index (χ4v) is 2.40. The summed E-state index contributed by atoms with van der Waals surface area (Å²) in [6, 6.07) is 13.7. The van der Waals surface area contributed by atoms with Crippen LogP contribution in [0.25, 0.3) is 11.3 Å². The zero-order valence-corrected chi connectivity index (χ0v) is 12.3. The third-order valence-corrected chi connectivity index (χ3v) is 3.58. The molecule has 0 radical (unpaired) electrons. The molecule has 1 heterocycles. The van der Waals surface area contributed by atoms with Crippen molar-refractivity contribution in [3.8, 4) is 11.3 Å². The molecule has 0 spiro atoms. The Hall–Kier alpha value is -2.24. The van der Waals surface area contributed by atoms with Crippen molar-refractivity contribution in [1.82, 2.24) is 15.0 Å². The minimum absolute atomic E-state index is 0.301. The molecule has 1 aromatic heterocycles. The van der Waals surface area contributed by atoms with Crippen molar-refractivity contribution in [1.29, 1.82) is 0 Å². The van der Waals surface area contributed by atoms with E-state index in [1.807, 2.05) is 12.1 Å². The van der Waals surface area contributed by atoms with E-state index in [0.717, 1.165) is 5.56 Å². The predicted octanol–water partition coefficient (Wildman–Crippen LogP) is 3.28. The molecular formula is C16H13ClFN3O. The molecule has 6 heteroatoms. The van der Waals surface area contributed by atoms with Crippen LogP contribution in [0.1, 0.15) is 11.3 Å². The van der Waals surface area contributed by atoms with E-state index >= 15 is 0 Å². The second kappa shape index (κ2) is 6.25. The second-order valence-corrected chi connectivity index (χ2v) is 5.24. The maximum atomic E-state index is 14.1. The van der Waals surface area contributed by atoms with E-state index in [1.165, 1.54) is 6.07 Å². The van der Waals surface area contributed by atoms with Gasteiger partial charge in [0.1, 0.15) is 11.5 Å². The van der Waals surface area contributed by atoms with Crippen LogP contribution in [0.5, 0.6) is 0 Å². The highest BCUT2D eigenvalue weighted by Crippen LogP contribution is 2.26. The number of hydrogen-bond acceptors (Lipinski definition) is 3. The van der Waals surface area contributed by atoms with Gasteiger partial charge in [-0.2, -0.15) is 0 Å². The van der Waals surface area contributed by atoms with Crippen LogP contribution in [0.3, 0.4) is 0 Å². The first-order valence-electron chi connectivity index (χ1n) is 6.71. The minimum atomic E-state index is -0.378. The van der Waals surface area contributed by atoms with Gasteiger partial charge in [-0.1, -0.05) is 41.1 Å². The first-order valence-corrected chi connectivity index (χ1v) is 7.09. The van der Waals surface area contributed by atoms with E-state index in [9.17, 15) is 9.50 Å². The van der Waals surface area contributed by atoms with Crippen LogP contribution in [-0.4, -0.2) is 20.1 Å². The average molecular weight is 318 g/mol. The van der Waals surface area contributed by atoms with E-state index in [4.69, 9.17) is 11.6 Å². The Morgan fingerprint density at radius 2 is 1.82 bits per heavy atom. The Morgan fingerprint density at radius 3 is 2.50 bits per heavy atom. The molecule has 3 rings (SSSR count). The highest BCUT2D eigenvalue weighted by atomic mass is 35.5. The Balaban J connectivity index is 2.04. The third kappa shape index (κ3) is 2.86. The lowest BCUT2D eigenvalue weighted by Gasteiger charge is -2.09. The number of hydrogen-bond donors (Lipinski definition) is 1. The van der Waals surface area contributed by atoms with Gasteiger partial charge in [0, 0.05) is 10.6 Å². The first kappa shape index (κ1) is 14.7. The van der Waals surface area contributed by atoms with Crippen molar-refractivity contribution in [2.75, 3.05) is 0 Å². The van der Waals surface area contributed by atoms with E-state index in [0.29, 0.717) is 28.5 Å². The zero-order valence-electron chi connectivity index (χ0n) is 11.6. The minimum Gasteiger partial charge on any atom is -0.390 e. The molecule has 0 saturated heterocycles. The fraction of sp³-hybridized carbons (Fsp3) is 0.125. The summed E-state index contributed by atoms with van der Waals surface area (Å²) in [6.07, 6.45) is 0. The van der Waals surface area contributed by atoms with E-state index in [2.05, 4.69) is 10.3 Å². The van der Waals surface area contributed by atoms with Gasteiger partial charge in [-0.05, 0) is 29.8 Å². The molecule has 0 unspecified atom stereocenters. The van der Waals surface area contributed by atoms with Gasteiger partial charge in [0.25, 0.3) is 0 Å². The molecule has 22 heavy (non-hydrogen) atoms. The number of benzene rings is 2. The smallest absolute Gasteiger partial charge is 0.132 e. The Kier molecular flexibility index (Phi) is 4.18. The molecule has 0 aliphatic heterocycles. The number of aliphatic hydroxyl groups is 1. The molecule has 0 amide bonds. The van der Waals surface area contributed by atoms with Crippen LogP contribution in [-0.2, 0) is 13.2 Å². The van der Waals surface area contributed by atoms with Gasteiger partial charge < -0.3 is 5.11 Å². The second-order valence-electron chi connectivity index (χ2n) is 4.81. The van der Waals surface area contributed by atoms with Crippen LogP contribution < -0.4 is 0 Å². The van der Waals surface area contributed by atoms with Crippen molar-refractivity contribution in [3.63, 3.8) is 0 Å². The van der Waals surface area contributed by atoms with Crippen molar-refractivity contribution in [2.45, 2.75) is 13.2 Å². The summed E-state index contributed by atoms with van der Waals surface area (Å²) < 4.78 is 15.6. The van der Waals surface area contributed by atoms with Crippen molar-refractivity contribution in [3.05, 3.63) is 70.6 Å². The van der Waals surface area contributed by atoms with Gasteiger partial charge in [-0.25, -0.2) is 9.07 Å². The molecule has 0 aliphatic carbocycles. The third-order valence-electron chi connectivity index (χ3n) is 3.33. The van der Waals surface area contributed by atoms with Crippen molar-refractivity contribution < 1.29 is 9.50 Å². The van der Waals surface area contributed by atoms with E-state index < -0.39 is 0 Å². The van der Waals surface area contributed by atoms with Crippen molar-refractivity contribution in [2.24, 2.45) is 0 Å². The lowest BCUT2D eigenvalue weighted by Crippen LogP contribution is -2.05. The SMILES string of the molecule is OCc1nnn(Cc2ccc(Cl)cc2)c1-c1ccccc1F. The topological polar surface area (TPSA) is 50.9 Å². The summed E-state index contributed by atoms with van der Waals surface area (Å²) in [7, 11) is 0. The normalized spacial score (nSPS) is 10.9. The summed E-state index contributed by atoms with van der Waals surface area (Å²) in [4.78, 5) is 0. The zero-order chi connectivity index (χ0) is 15.5. The lowest BCUT2D eigenvalue weighted by molar-refractivity contribution is 0.277. The number of rotatable bonds is 4. The van der Waals surface area contributed by atoms with Gasteiger partial charge in [0.15, 0.2) is 0 Å². The summed E-state index contributed by atoms with van der Waals surface area (Å²) in [5, 5.41) is 18.0. The highest BCUT2D eigenvalue weighted by Gasteiger charge is 2.17. The van der Waals surface area contributed by atoms with Gasteiger partial charge >= 0.3 is 0 Å². The monoisotopic (exact) mass is 317 g/mol. The van der Waals surface area contributed by atoms with Gasteiger partial charge in [-0.15, -0.1) is 5.10 Å². The molecule has 0 saturated carbocycles. The molecular weight excluding hydrogens is 305 g/mol. The fourth-order valence-electron chi connectivity index (χ4n) is 2.28. The highest BCUT2D eigenvalue weighted by molar-refractivity contribution is 6.30. The molecule has 0 atom stereocenters. The average Bonchev–Trinajstić information content (AvgIpc) is 2.93. The number of halogens is 2. The quantitative estimate of drug-likeness (QED) is 0.803. The first-order chi connectivity index (χ1) is 10.7. The maximum Gasteiger partial charge on any atom is 0.132 e. The summed E-state index contributed by atoms with van der Waals surface area (Å²) >= 11 is 5.87. The van der Waals surface area contributed by atoms with Gasteiger partial charge in [-0.3, -0.25) is 0 Å². The summed E-state index contributed by atoms with van der Waals surface area (Å²) in [6.45, 7) is 0.109. The lowest BCUT2D eigenvalue weighted by atomic mass is 10.1. The Morgan fingerprint density at radius 1 is 1.09 bits per heavy atom. The standard InChI is InChI=1S/C16H13ClFN3O/c17-12-7-5-11(6-8-12)9-21-16(15(10-22)19-20-21)13-3-1-2-4-14(13)18/h1-8,22H,9-10H2. The molecule has 0 bridgehead atoms. The van der Waals surface area contributed by atoms with Crippen LogP contribution >= 0.6 is 11.6 Å². The molecule has 112 valence electrons. The Bertz CT molecular complexity index is 786. The van der Waals surface area contributed by atoms with Crippen LogP contribution in [0, 0.1) is 5.82 Å². The van der Waals surface area contributed by atoms with Gasteiger partial charge in [0.05, 0.1) is 18.8 Å². The molecule has 0 aliphatic rings. The molecule has 4 nitrogen and oxygen atoms in total. The summed E-state index contributed by atoms with van der Waals surface area (Å²) in [5.74, 6) is -0.378.